The van der Waals surface area contributed by atoms with Crippen molar-refractivity contribution in [3.8, 4) is 0 Å². The molecule has 2 aromatic carbocycles. The van der Waals surface area contributed by atoms with Gasteiger partial charge in [0.05, 0.1) is 11.9 Å². The lowest BCUT2D eigenvalue weighted by Crippen LogP contribution is -2.49. The molecule has 0 aliphatic heterocycles. The van der Waals surface area contributed by atoms with Gasteiger partial charge >= 0.3 is 0 Å². The Balaban J connectivity index is 2.16. The van der Waals surface area contributed by atoms with E-state index in [1.807, 2.05) is 51.1 Å². The van der Waals surface area contributed by atoms with Crippen LogP contribution in [0.4, 0.5) is 5.69 Å². The number of carbonyl (C=O) groups is 2. The van der Waals surface area contributed by atoms with Gasteiger partial charge in [-0.15, -0.1) is 0 Å². The molecule has 2 amide bonds. The highest BCUT2D eigenvalue weighted by atomic mass is 32.2. The monoisotopic (exact) mass is 487 g/mol. The number of amides is 2. The molecule has 0 aliphatic rings. The molecule has 2 aromatic rings. The van der Waals surface area contributed by atoms with Crippen molar-refractivity contribution in [2.24, 2.45) is 0 Å². The van der Waals surface area contributed by atoms with E-state index in [4.69, 9.17) is 0 Å². The topological polar surface area (TPSA) is 86.8 Å². The van der Waals surface area contributed by atoms with Crippen LogP contribution in [0.25, 0.3) is 0 Å². The number of nitrogens with zero attached hydrogens (tertiary/aromatic N) is 2. The fourth-order valence-corrected chi connectivity index (χ4v) is 4.58. The number of sulfonamides is 1. The zero-order valence-corrected chi connectivity index (χ0v) is 21.6. The van der Waals surface area contributed by atoms with Crippen LogP contribution in [-0.2, 0) is 26.2 Å². The van der Waals surface area contributed by atoms with E-state index in [9.17, 15) is 18.0 Å². The van der Waals surface area contributed by atoms with E-state index in [0.29, 0.717) is 18.7 Å². The zero-order chi connectivity index (χ0) is 25.3. The molecule has 34 heavy (non-hydrogen) atoms. The molecule has 8 heteroatoms. The quantitative estimate of drug-likeness (QED) is 0.492. The van der Waals surface area contributed by atoms with Crippen molar-refractivity contribution >= 4 is 27.5 Å². The van der Waals surface area contributed by atoms with Crippen LogP contribution in [-0.4, -0.2) is 50.0 Å². The second-order valence-electron chi connectivity index (χ2n) is 8.72. The first-order valence-corrected chi connectivity index (χ1v) is 13.6. The molecule has 0 bridgehead atoms. The van der Waals surface area contributed by atoms with Crippen LogP contribution in [0, 0.1) is 6.92 Å². The number of rotatable bonds is 12. The molecule has 0 radical (unpaired) electrons. The van der Waals surface area contributed by atoms with Crippen LogP contribution in [0.3, 0.4) is 0 Å². The number of carbonyl (C=O) groups excluding carboxylic acids is 2. The zero-order valence-electron chi connectivity index (χ0n) is 20.8. The van der Waals surface area contributed by atoms with E-state index < -0.39 is 16.1 Å². The smallest absolute Gasteiger partial charge is 0.242 e. The molecule has 0 spiro atoms. The van der Waals surface area contributed by atoms with E-state index in [-0.39, 0.29) is 30.8 Å². The highest BCUT2D eigenvalue weighted by molar-refractivity contribution is 7.92. The molecule has 0 aromatic heterocycles. The lowest BCUT2D eigenvalue weighted by atomic mass is 10.1. The minimum absolute atomic E-state index is 0.0135. The first-order chi connectivity index (χ1) is 16.0. The van der Waals surface area contributed by atoms with Gasteiger partial charge in [0.15, 0.2) is 0 Å². The van der Waals surface area contributed by atoms with Gasteiger partial charge in [0, 0.05) is 25.6 Å². The molecular formula is C26H37N3O4S. The van der Waals surface area contributed by atoms with Crippen molar-refractivity contribution < 1.29 is 18.0 Å². The predicted molar refractivity (Wildman–Crippen MR) is 137 cm³/mol. The fraction of sp³-hybridized carbons (Fsp3) is 0.462. The molecule has 0 unspecified atom stereocenters. The van der Waals surface area contributed by atoms with Crippen molar-refractivity contribution in [2.75, 3.05) is 17.1 Å². The number of anilines is 1. The molecule has 0 saturated heterocycles. The standard InChI is InChI=1S/C26H37N3O4S/c1-6-21(3)27-26(31)22(4)28(19-23-14-11-10-13-20(23)2)25(30)17-12-18-29(34(5,32)33)24-15-8-7-9-16-24/h7-11,13-16,21-22H,6,12,17-19H2,1-5H3,(H,27,31)/t21-,22-/m0/s1. The summed E-state index contributed by atoms with van der Waals surface area (Å²) >= 11 is 0. The van der Waals surface area contributed by atoms with Crippen molar-refractivity contribution in [1.82, 2.24) is 10.2 Å². The maximum atomic E-state index is 13.3. The molecule has 0 fully saturated rings. The first kappa shape index (κ1) is 27.4. The summed E-state index contributed by atoms with van der Waals surface area (Å²) in [5, 5.41) is 2.96. The number of hydrogen-bond acceptors (Lipinski definition) is 4. The second kappa shape index (κ2) is 12.6. The molecule has 0 heterocycles. The Bertz CT molecular complexity index is 1060. The number of hydrogen-bond donors (Lipinski definition) is 1. The maximum absolute atomic E-state index is 13.3. The summed E-state index contributed by atoms with van der Waals surface area (Å²) in [5.74, 6) is -0.380. The third-order valence-corrected chi connectivity index (χ3v) is 7.16. The lowest BCUT2D eigenvalue weighted by molar-refractivity contribution is -0.140. The Labute approximate surface area is 204 Å². The Kier molecular flexibility index (Phi) is 10.1. The van der Waals surface area contributed by atoms with Crippen LogP contribution in [0.15, 0.2) is 54.6 Å². The van der Waals surface area contributed by atoms with Gasteiger partial charge in [0.25, 0.3) is 0 Å². The number of benzene rings is 2. The van der Waals surface area contributed by atoms with Gasteiger partial charge in [0.2, 0.25) is 21.8 Å². The van der Waals surface area contributed by atoms with Crippen LogP contribution in [0.5, 0.6) is 0 Å². The summed E-state index contributed by atoms with van der Waals surface area (Å²) in [4.78, 5) is 27.7. The SMILES string of the molecule is CC[C@H](C)NC(=O)[C@H](C)N(Cc1ccccc1C)C(=O)CCCN(c1ccccc1)S(C)(=O)=O. The molecule has 0 aliphatic carbocycles. The maximum Gasteiger partial charge on any atom is 0.242 e. The van der Waals surface area contributed by atoms with E-state index in [0.717, 1.165) is 23.8 Å². The molecular weight excluding hydrogens is 450 g/mol. The normalized spacial score (nSPS) is 13.1. The Morgan fingerprint density at radius 2 is 1.62 bits per heavy atom. The van der Waals surface area contributed by atoms with Gasteiger partial charge in [-0.25, -0.2) is 8.42 Å². The average molecular weight is 488 g/mol. The minimum Gasteiger partial charge on any atom is -0.352 e. The van der Waals surface area contributed by atoms with Gasteiger partial charge < -0.3 is 10.2 Å². The molecule has 2 atom stereocenters. The first-order valence-electron chi connectivity index (χ1n) is 11.7. The van der Waals surface area contributed by atoms with Crippen molar-refractivity contribution in [3.63, 3.8) is 0 Å². The van der Waals surface area contributed by atoms with Crippen molar-refractivity contribution in [2.45, 2.75) is 65.6 Å². The van der Waals surface area contributed by atoms with Crippen LogP contribution in [0.2, 0.25) is 0 Å². The Hall–Kier alpha value is -2.87. The average Bonchev–Trinajstić information content (AvgIpc) is 2.80. The van der Waals surface area contributed by atoms with Gasteiger partial charge in [0.1, 0.15) is 6.04 Å². The Morgan fingerprint density at radius 1 is 1.00 bits per heavy atom. The number of aryl methyl sites for hydroxylation is 1. The molecule has 0 saturated carbocycles. The molecule has 186 valence electrons. The lowest BCUT2D eigenvalue weighted by Gasteiger charge is -2.30. The van der Waals surface area contributed by atoms with Gasteiger partial charge in [-0.05, 0) is 56.9 Å². The summed E-state index contributed by atoms with van der Waals surface area (Å²) in [6.07, 6.45) is 2.43. The van der Waals surface area contributed by atoms with E-state index in [2.05, 4.69) is 5.32 Å². The molecule has 1 N–H and O–H groups in total. The van der Waals surface area contributed by atoms with Crippen LogP contribution >= 0.6 is 0 Å². The third kappa shape index (κ3) is 7.87. The summed E-state index contributed by atoms with van der Waals surface area (Å²) in [5.41, 5.74) is 2.58. The third-order valence-electron chi connectivity index (χ3n) is 5.97. The molecule has 2 rings (SSSR count). The van der Waals surface area contributed by atoms with Crippen LogP contribution < -0.4 is 9.62 Å². The second-order valence-corrected chi connectivity index (χ2v) is 10.6. The van der Waals surface area contributed by atoms with Gasteiger partial charge in [-0.1, -0.05) is 49.4 Å². The van der Waals surface area contributed by atoms with E-state index in [1.165, 1.54) is 4.31 Å². The number of para-hydroxylation sites is 1. The summed E-state index contributed by atoms with van der Waals surface area (Å²) in [6, 6.07) is 16.0. The van der Waals surface area contributed by atoms with Gasteiger partial charge in [-0.2, -0.15) is 0 Å². The largest absolute Gasteiger partial charge is 0.352 e. The van der Waals surface area contributed by atoms with Crippen LogP contribution in [0.1, 0.15) is 51.2 Å². The van der Waals surface area contributed by atoms with Crippen molar-refractivity contribution in [1.29, 1.82) is 0 Å². The summed E-state index contributed by atoms with van der Waals surface area (Å²) < 4.78 is 26.0. The van der Waals surface area contributed by atoms with E-state index in [1.54, 1.807) is 36.1 Å². The minimum atomic E-state index is -3.49. The molecule has 7 nitrogen and oxygen atoms in total. The predicted octanol–water partition coefficient (Wildman–Crippen LogP) is 3.87. The summed E-state index contributed by atoms with van der Waals surface area (Å²) in [6.45, 7) is 8.13. The van der Waals surface area contributed by atoms with Gasteiger partial charge in [-0.3, -0.25) is 13.9 Å². The number of nitrogens with one attached hydrogen (secondary N) is 1. The highest BCUT2D eigenvalue weighted by Crippen LogP contribution is 2.19. The highest BCUT2D eigenvalue weighted by Gasteiger charge is 2.27. The Morgan fingerprint density at radius 3 is 2.21 bits per heavy atom. The van der Waals surface area contributed by atoms with Crippen molar-refractivity contribution in [3.05, 3.63) is 65.7 Å². The van der Waals surface area contributed by atoms with E-state index >= 15 is 0 Å². The summed E-state index contributed by atoms with van der Waals surface area (Å²) in [7, 11) is -3.49. The fourth-order valence-electron chi connectivity index (χ4n) is 3.62.